The highest BCUT2D eigenvalue weighted by molar-refractivity contribution is 6.79. The summed E-state index contributed by atoms with van der Waals surface area (Å²) in [5, 5.41) is 2.66. The fourth-order valence-corrected chi connectivity index (χ4v) is 6.88. The van der Waals surface area contributed by atoms with E-state index in [4.69, 9.17) is 14.2 Å². The monoisotopic (exact) mass is 397 g/mol. The largest absolute Gasteiger partial charge is 0.493 e. The first-order valence-electron chi connectivity index (χ1n) is 9.64. The first kappa shape index (κ1) is 19.0. The average Bonchev–Trinajstić information content (AvgIpc) is 3.44. The number of fused-ring (bicyclic) bond motifs is 5. The highest BCUT2D eigenvalue weighted by Crippen LogP contribution is 2.64. The molecule has 6 heteroatoms. The number of hydrogen-bond acceptors (Lipinski definition) is 4. The van der Waals surface area contributed by atoms with Crippen LogP contribution in [-0.4, -0.2) is 34.7 Å². The van der Waals surface area contributed by atoms with Crippen molar-refractivity contribution in [2.24, 2.45) is 0 Å². The van der Waals surface area contributed by atoms with E-state index in [1.165, 1.54) is 5.56 Å². The smallest absolute Gasteiger partial charge is 0.251 e. The molecule has 0 bridgehead atoms. The van der Waals surface area contributed by atoms with Gasteiger partial charge in [-0.1, -0.05) is 37.8 Å². The minimum Gasteiger partial charge on any atom is -0.493 e. The lowest BCUT2D eigenvalue weighted by Gasteiger charge is -2.30. The summed E-state index contributed by atoms with van der Waals surface area (Å²) in [4.78, 5) is 12.8. The van der Waals surface area contributed by atoms with Gasteiger partial charge in [-0.15, -0.1) is 0 Å². The average molecular weight is 398 g/mol. The quantitative estimate of drug-likeness (QED) is 0.632. The number of amides is 1. The first-order chi connectivity index (χ1) is 13.3. The minimum atomic E-state index is -1.86. The Hall–Kier alpha value is -2.31. The maximum atomic E-state index is 12.8. The molecule has 2 aliphatic heterocycles. The molecule has 0 spiro atoms. The number of methoxy groups -OCH3 is 2. The second-order valence-corrected chi connectivity index (χ2v) is 13.7. The lowest BCUT2D eigenvalue weighted by Crippen LogP contribution is -2.42. The Bertz CT molecular complexity index is 937. The van der Waals surface area contributed by atoms with Crippen LogP contribution in [0, 0.1) is 0 Å². The molecule has 1 saturated heterocycles. The van der Waals surface area contributed by atoms with E-state index in [1.54, 1.807) is 14.2 Å². The van der Waals surface area contributed by atoms with E-state index in [0.29, 0.717) is 30.0 Å². The first-order valence-corrected chi connectivity index (χ1v) is 13.1. The summed E-state index contributed by atoms with van der Waals surface area (Å²) in [5.74, 6) is 1.37. The topological polar surface area (TPSA) is 60.1 Å². The highest BCUT2D eigenvalue weighted by Gasteiger charge is 2.67. The summed E-state index contributed by atoms with van der Waals surface area (Å²) < 4.78 is 17.7. The van der Waals surface area contributed by atoms with E-state index in [2.05, 4.69) is 31.0 Å². The fraction of sp³-hybridized carbons (Fsp3) is 0.409. The molecule has 0 radical (unpaired) electrons. The number of carbonyl (C=O) groups is 1. The zero-order valence-corrected chi connectivity index (χ0v) is 18.1. The van der Waals surface area contributed by atoms with E-state index < -0.39 is 13.3 Å². The van der Waals surface area contributed by atoms with Crippen LogP contribution >= 0.6 is 0 Å². The van der Waals surface area contributed by atoms with Crippen LogP contribution in [0.2, 0.25) is 19.6 Å². The number of ether oxygens (including phenoxy) is 3. The van der Waals surface area contributed by atoms with E-state index >= 15 is 0 Å². The van der Waals surface area contributed by atoms with Gasteiger partial charge >= 0.3 is 0 Å². The summed E-state index contributed by atoms with van der Waals surface area (Å²) in [7, 11) is 1.45. The SMILES string of the molecule is COc1cc2c(cc1OC)C1([Si](C)(C)C)OC1c1ccccc1C(=O)NCC2. The van der Waals surface area contributed by atoms with Gasteiger partial charge in [0, 0.05) is 12.1 Å². The van der Waals surface area contributed by atoms with Gasteiger partial charge in [-0.2, -0.15) is 0 Å². The Labute approximate surface area is 167 Å². The lowest BCUT2D eigenvalue weighted by molar-refractivity contribution is 0.0952. The normalized spacial score (nSPS) is 23.6. The molecular formula is C22H27NO4Si. The second-order valence-electron chi connectivity index (χ2n) is 8.44. The van der Waals surface area contributed by atoms with Crippen LogP contribution in [0.25, 0.3) is 0 Å². The summed E-state index contributed by atoms with van der Waals surface area (Å²) in [5.41, 5.74) is 3.98. The summed E-state index contributed by atoms with van der Waals surface area (Å²) >= 11 is 0. The van der Waals surface area contributed by atoms with Crippen LogP contribution < -0.4 is 14.8 Å². The van der Waals surface area contributed by atoms with Crippen LogP contribution in [0.4, 0.5) is 0 Å². The van der Waals surface area contributed by atoms with Crippen molar-refractivity contribution < 1.29 is 19.0 Å². The maximum Gasteiger partial charge on any atom is 0.251 e. The van der Waals surface area contributed by atoms with Gasteiger partial charge in [0.1, 0.15) is 11.3 Å². The van der Waals surface area contributed by atoms with Crippen molar-refractivity contribution in [2.75, 3.05) is 20.8 Å². The standard InChI is InChI=1S/C22H27NO4Si/c1-25-18-12-14-10-11-23-21(24)16-9-7-6-8-15(16)20-22(27-20,28(3,4)5)17(14)13-19(18)26-2/h6-9,12-13,20H,10-11H2,1-5H3,(H,23,24). The molecular weight excluding hydrogens is 370 g/mol. The van der Waals surface area contributed by atoms with Crippen LogP contribution in [0.3, 0.4) is 0 Å². The molecule has 1 fully saturated rings. The van der Waals surface area contributed by atoms with E-state index in [1.807, 2.05) is 30.3 Å². The number of nitrogens with one attached hydrogen (secondary N) is 1. The van der Waals surface area contributed by atoms with E-state index in [9.17, 15) is 4.79 Å². The van der Waals surface area contributed by atoms with Crippen LogP contribution in [0.5, 0.6) is 11.5 Å². The van der Waals surface area contributed by atoms with Gasteiger partial charge in [0.05, 0.1) is 22.3 Å². The van der Waals surface area contributed by atoms with Gasteiger partial charge in [0.2, 0.25) is 0 Å². The molecule has 2 aromatic rings. The Kier molecular flexibility index (Phi) is 4.51. The zero-order valence-electron chi connectivity index (χ0n) is 17.1. The summed E-state index contributed by atoms with van der Waals surface area (Å²) in [6.07, 6.45) is 0.586. The molecule has 5 nitrogen and oxygen atoms in total. The minimum absolute atomic E-state index is 0.0421. The van der Waals surface area contributed by atoms with Crippen molar-refractivity contribution in [2.45, 2.75) is 37.4 Å². The predicted octanol–water partition coefficient (Wildman–Crippen LogP) is 3.83. The molecule has 2 heterocycles. The zero-order chi connectivity index (χ0) is 20.1. The third-order valence-corrected chi connectivity index (χ3v) is 8.79. The molecule has 2 aromatic carbocycles. The molecule has 0 aliphatic carbocycles. The van der Waals surface area contributed by atoms with Crippen molar-refractivity contribution in [3.63, 3.8) is 0 Å². The molecule has 148 valence electrons. The second kappa shape index (κ2) is 6.64. The molecule has 1 amide bonds. The van der Waals surface area contributed by atoms with E-state index in [-0.39, 0.29) is 12.0 Å². The van der Waals surface area contributed by atoms with Crippen LogP contribution in [0.1, 0.15) is 33.2 Å². The van der Waals surface area contributed by atoms with Gasteiger partial charge in [0.15, 0.2) is 11.5 Å². The van der Waals surface area contributed by atoms with Crippen molar-refractivity contribution >= 4 is 14.0 Å². The number of hydrogen-bond donors (Lipinski definition) is 1. The third-order valence-electron chi connectivity index (χ3n) is 5.91. The Balaban J connectivity index is 1.97. The Morgan fingerprint density at radius 3 is 2.46 bits per heavy atom. The third kappa shape index (κ3) is 2.74. The van der Waals surface area contributed by atoms with Gasteiger partial charge in [-0.25, -0.2) is 0 Å². The van der Waals surface area contributed by atoms with Crippen molar-refractivity contribution in [3.8, 4) is 11.5 Å². The van der Waals surface area contributed by atoms with Crippen LogP contribution in [-0.2, 0) is 16.4 Å². The van der Waals surface area contributed by atoms with Crippen molar-refractivity contribution in [3.05, 3.63) is 58.7 Å². The molecule has 2 aliphatic rings. The molecule has 2 unspecified atom stereocenters. The van der Waals surface area contributed by atoms with Crippen molar-refractivity contribution in [1.82, 2.24) is 5.32 Å². The van der Waals surface area contributed by atoms with Crippen molar-refractivity contribution in [1.29, 1.82) is 0 Å². The van der Waals surface area contributed by atoms with Gasteiger partial charge in [-0.3, -0.25) is 4.79 Å². The number of epoxide rings is 1. The van der Waals surface area contributed by atoms with Crippen LogP contribution in [0.15, 0.2) is 36.4 Å². The molecule has 4 rings (SSSR count). The number of carbonyl (C=O) groups excluding carboxylic acids is 1. The molecule has 0 aromatic heterocycles. The Morgan fingerprint density at radius 2 is 1.79 bits per heavy atom. The van der Waals surface area contributed by atoms with Gasteiger partial charge in [0.25, 0.3) is 5.91 Å². The predicted molar refractivity (Wildman–Crippen MR) is 111 cm³/mol. The number of benzene rings is 2. The molecule has 0 saturated carbocycles. The van der Waals surface area contributed by atoms with Gasteiger partial charge < -0.3 is 19.5 Å². The highest BCUT2D eigenvalue weighted by atomic mass is 28.3. The lowest BCUT2D eigenvalue weighted by atomic mass is 9.93. The maximum absolute atomic E-state index is 12.8. The van der Waals surface area contributed by atoms with Gasteiger partial charge in [-0.05, 0) is 41.3 Å². The fourth-order valence-electron chi connectivity index (χ4n) is 4.43. The number of rotatable bonds is 3. The molecule has 28 heavy (non-hydrogen) atoms. The molecule has 2 atom stereocenters. The van der Waals surface area contributed by atoms with E-state index in [0.717, 1.165) is 11.1 Å². The molecule has 1 N–H and O–H groups in total. The Morgan fingerprint density at radius 1 is 1.11 bits per heavy atom. The summed E-state index contributed by atoms with van der Waals surface area (Å²) in [6, 6.07) is 11.9. The summed E-state index contributed by atoms with van der Waals surface area (Å²) in [6.45, 7) is 7.52.